The molecule has 0 aliphatic carbocycles. The summed E-state index contributed by atoms with van der Waals surface area (Å²) in [7, 11) is 0. The van der Waals surface area contributed by atoms with Crippen LogP contribution in [0.4, 0.5) is 4.79 Å². The van der Waals surface area contributed by atoms with Gasteiger partial charge in [0.25, 0.3) is 0 Å². The molecule has 0 aliphatic heterocycles. The molecular weight excluding hydrogens is 504 g/mol. The first-order valence-corrected chi connectivity index (χ1v) is 13.2. The fourth-order valence-corrected chi connectivity index (χ4v) is 3.53. The quantitative estimate of drug-likeness (QED) is 0.259. The number of nitrogens with two attached hydrogens (primary N) is 1. The van der Waals surface area contributed by atoms with E-state index in [1.54, 1.807) is 41.5 Å². The molecule has 0 saturated heterocycles. The number of primary amides is 1. The predicted molar refractivity (Wildman–Crippen MR) is 146 cm³/mol. The van der Waals surface area contributed by atoms with Crippen LogP contribution in [0.2, 0.25) is 0 Å². The third kappa shape index (κ3) is 12.6. The summed E-state index contributed by atoms with van der Waals surface area (Å²) in [5.74, 6) is -3.19. The van der Waals surface area contributed by atoms with Crippen molar-refractivity contribution in [3.63, 3.8) is 0 Å². The van der Waals surface area contributed by atoms with Crippen LogP contribution >= 0.6 is 0 Å². The Morgan fingerprint density at radius 3 is 2.00 bits per heavy atom. The number of benzene rings is 1. The van der Waals surface area contributed by atoms with Crippen molar-refractivity contribution in [1.82, 2.24) is 16.0 Å². The van der Waals surface area contributed by atoms with E-state index in [2.05, 4.69) is 16.0 Å². The zero-order valence-corrected chi connectivity index (χ0v) is 24.0. The molecule has 0 saturated carbocycles. The van der Waals surface area contributed by atoms with Crippen molar-refractivity contribution < 1.29 is 33.4 Å². The lowest BCUT2D eigenvalue weighted by molar-refractivity contribution is -0.145. The van der Waals surface area contributed by atoms with Crippen molar-refractivity contribution in [3.05, 3.63) is 35.9 Å². The molecule has 1 rings (SSSR count). The summed E-state index contributed by atoms with van der Waals surface area (Å²) in [6.45, 7) is 12.3. The summed E-state index contributed by atoms with van der Waals surface area (Å²) in [6, 6.07) is 5.99. The van der Waals surface area contributed by atoms with Gasteiger partial charge in [-0.15, -0.1) is 0 Å². The molecule has 0 bridgehead atoms. The Kier molecular flexibility index (Phi) is 13.4. The molecule has 1 aromatic rings. The highest BCUT2D eigenvalue weighted by molar-refractivity contribution is 5.94. The summed E-state index contributed by atoms with van der Waals surface area (Å²) in [4.78, 5) is 62.8. The third-order valence-electron chi connectivity index (χ3n) is 5.95. The van der Waals surface area contributed by atoms with Gasteiger partial charge in [0, 0.05) is 6.42 Å². The van der Waals surface area contributed by atoms with Crippen LogP contribution in [0.5, 0.6) is 0 Å². The lowest BCUT2D eigenvalue weighted by Gasteiger charge is -2.29. The molecule has 11 nitrogen and oxygen atoms in total. The average Bonchev–Trinajstić information content (AvgIpc) is 2.85. The van der Waals surface area contributed by atoms with E-state index in [1.165, 1.54) is 0 Å². The van der Waals surface area contributed by atoms with Gasteiger partial charge in [0.1, 0.15) is 30.3 Å². The number of rotatable bonds is 14. The van der Waals surface area contributed by atoms with E-state index in [9.17, 15) is 24.0 Å². The molecule has 5 N–H and O–H groups in total. The number of esters is 1. The molecule has 218 valence electrons. The van der Waals surface area contributed by atoms with Crippen LogP contribution < -0.4 is 21.7 Å². The molecular formula is C28H44N4O7. The van der Waals surface area contributed by atoms with Gasteiger partial charge in [-0.05, 0) is 44.6 Å². The largest absolute Gasteiger partial charge is 0.461 e. The minimum absolute atomic E-state index is 0.0663. The van der Waals surface area contributed by atoms with Gasteiger partial charge in [-0.2, -0.15) is 0 Å². The number of carbonyl (C=O) groups is 5. The van der Waals surface area contributed by atoms with Crippen LogP contribution in [0.3, 0.4) is 0 Å². The van der Waals surface area contributed by atoms with E-state index in [4.69, 9.17) is 15.2 Å². The van der Waals surface area contributed by atoms with E-state index in [1.807, 2.05) is 37.3 Å². The summed E-state index contributed by atoms with van der Waals surface area (Å²) < 4.78 is 10.5. The number of ether oxygens (including phenoxy) is 2. The smallest absolute Gasteiger partial charge is 0.408 e. The maximum absolute atomic E-state index is 13.2. The number of amides is 4. The maximum atomic E-state index is 13.2. The van der Waals surface area contributed by atoms with E-state index in [0.717, 1.165) is 5.56 Å². The normalized spacial score (nSPS) is 14.4. The Morgan fingerprint density at radius 2 is 1.49 bits per heavy atom. The van der Waals surface area contributed by atoms with Gasteiger partial charge >= 0.3 is 12.1 Å². The van der Waals surface area contributed by atoms with E-state index >= 15 is 0 Å². The van der Waals surface area contributed by atoms with Crippen molar-refractivity contribution in [1.29, 1.82) is 0 Å². The lowest BCUT2D eigenvalue weighted by atomic mass is 9.96. The van der Waals surface area contributed by atoms with Gasteiger partial charge in [0.2, 0.25) is 17.7 Å². The first kappa shape index (κ1) is 33.4. The SMILES string of the molecule is CC[C@@H](C)[C@@H](NC(=O)OC(C)(C)C)C(=O)N[C@H](C(=O)N[C@@H](CCC(=O)OCc1ccccc1)C(N)=O)C(C)C. The molecule has 0 spiro atoms. The Labute approximate surface area is 230 Å². The molecule has 39 heavy (non-hydrogen) atoms. The second-order valence-corrected chi connectivity index (χ2v) is 10.9. The van der Waals surface area contributed by atoms with Crippen molar-refractivity contribution in [3.8, 4) is 0 Å². The van der Waals surface area contributed by atoms with Crippen molar-refractivity contribution in [2.24, 2.45) is 17.6 Å². The van der Waals surface area contributed by atoms with Gasteiger partial charge in [-0.1, -0.05) is 64.4 Å². The standard InChI is InChI=1S/C28H44N4O7/c1-8-18(4)23(32-27(37)39-28(5,6)7)26(36)31-22(17(2)3)25(35)30-20(24(29)34)14-15-21(33)38-16-19-12-10-9-11-13-19/h9-13,17-18,20,22-23H,8,14-16H2,1-7H3,(H2,29,34)(H,30,35)(H,31,36)(H,32,37)/t18-,20+,22+,23-/m1/s1. The molecule has 0 heterocycles. The second kappa shape index (κ2) is 15.7. The van der Waals surface area contributed by atoms with Crippen LogP contribution in [0, 0.1) is 11.8 Å². The van der Waals surface area contributed by atoms with Crippen LogP contribution in [-0.2, 0) is 35.3 Å². The van der Waals surface area contributed by atoms with Crippen LogP contribution in [0.15, 0.2) is 30.3 Å². The molecule has 0 fully saturated rings. The van der Waals surface area contributed by atoms with Crippen molar-refractivity contribution in [2.45, 2.75) is 98.1 Å². The third-order valence-corrected chi connectivity index (χ3v) is 5.95. The summed E-state index contributed by atoms with van der Waals surface area (Å²) in [6.07, 6.45) is -0.379. The number of carbonyl (C=O) groups excluding carboxylic acids is 5. The average molecular weight is 549 g/mol. The van der Waals surface area contributed by atoms with E-state index in [0.29, 0.717) is 6.42 Å². The molecule has 0 aliphatic rings. The van der Waals surface area contributed by atoms with Crippen molar-refractivity contribution >= 4 is 29.8 Å². The minimum atomic E-state index is -1.15. The Morgan fingerprint density at radius 1 is 0.897 bits per heavy atom. The summed E-state index contributed by atoms with van der Waals surface area (Å²) in [5, 5.41) is 7.81. The highest BCUT2D eigenvalue weighted by Crippen LogP contribution is 2.13. The van der Waals surface area contributed by atoms with E-state index < -0.39 is 53.5 Å². The Balaban J connectivity index is 2.82. The molecule has 0 unspecified atom stereocenters. The van der Waals surface area contributed by atoms with Gasteiger partial charge in [0.05, 0.1) is 0 Å². The highest BCUT2D eigenvalue weighted by atomic mass is 16.6. The predicted octanol–water partition coefficient (Wildman–Crippen LogP) is 2.56. The molecule has 4 atom stereocenters. The number of hydrogen-bond acceptors (Lipinski definition) is 7. The van der Waals surface area contributed by atoms with Gasteiger partial charge in [-0.25, -0.2) is 4.79 Å². The Hall–Kier alpha value is -3.63. The molecule has 1 aromatic carbocycles. The number of nitrogens with one attached hydrogen (secondary N) is 3. The molecule has 0 aromatic heterocycles. The minimum Gasteiger partial charge on any atom is -0.461 e. The van der Waals surface area contributed by atoms with Gasteiger partial charge in [-0.3, -0.25) is 19.2 Å². The molecule has 0 radical (unpaired) electrons. The van der Waals surface area contributed by atoms with E-state index in [-0.39, 0.29) is 31.3 Å². The fraction of sp³-hybridized carbons (Fsp3) is 0.607. The van der Waals surface area contributed by atoms with Crippen LogP contribution in [0.1, 0.15) is 73.3 Å². The van der Waals surface area contributed by atoms with Crippen molar-refractivity contribution in [2.75, 3.05) is 0 Å². The highest BCUT2D eigenvalue weighted by Gasteiger charge is 2.33. The molecule has 11 heteroatoms. The first-order valence-electron chi connectivity index (χ1n) is 13.2. The fourth-order valence-electron chi connectivity index (χ4n) is 3.53. The van der Waals surface area contributed by atoms with Crippen LogP contribution in [-0.4, -0.2) is 53.5 Å². The Bertz CT molecular complexity index is 976. The monoisotopic (exact) mass is 548 g/mol. The number of alkyl carbamates (subject to hydrolysis) is 1. The number of hydrogen-bond donors (Lipinski definition) is 4. The van der Waals surface area contributed by atoms with Gasteiger partial charge < -0.3 is 31.2 Å². The zero-order valence-electron chi connectivity index (χ0n) is 24.0. The second-order valence-electron chi connectivity index (χ2n) is 10.9. The topological polar surface area (TPSA) is 166 Å². The lowest BCUT2D eigenvalue weighted by Crippen LogP contribution is -2.59. The van der Waals surface area contributed by atoms with Crippen LogP contribution in [0.25, 0.3) is 0 Å². The zero-order chi connectivity index (χ0) is 29.8. The maximum Gasteiger partial charge on any atom is 0.408 e. The summed E-state index contributed by atoms with van der Waals surface area (Å²) >= 11 is 0. The summed E-state index contributed by atoms with van der Waals surface area (Å²) in [5.41, 5.74) is 5.54. The van der Waals surface area contributed by atoms with Gasteiger partial charge in [0.15, 0.2) is 0 Å². The molecule has 4 amide bonds. The first-order chi connectivity index (χ1) is 18.1.